The molecule has 2 saturated heterocycles. The summed E-state index contributed by atoms with van der Waals surface area (Å²) in [5, 5.41) is 11.3. The smallest absolute Gasteiger partial charge is 0.264 e. The highest BCUT2D eigenvalue weighted by atomic mass is 28.3. The van der Waals surface area contributed by atoms with Crippen molar-refractivity contribution in [2.75, 3.05) is 30.1 Å². The maximum atomic E-state index is 15.3. The molecule has 3 heterocycles. The lowest BCUT2D eigenvalue weighted by Gasteiger charge is -2.37. The molecule has 0 aromatic heterocycles. The topological polar surface area (TPSA) is 99.6 Å². The van der Waals surface area contributed by atoms with Crippen LogP contribution in [0.5, 0.6) is 5.75 Å². The summed E-state index contributed by atoms with van der Waals surface area (Å²) in [6.45, 7) is 7.56. The van der Waals surface area contributed by atoms with E-state index in [1.807, 2.05) is 95.9 Å². The highest BCUT2D eigenvalue weighted by molar-refractivity contribution is 6.91. The molecule has 4 aromatic rings. The third-order valence-corrected chi connectivity index (χ3v) is 16.1. The van der Waals surface area contributed by atoms with Crippen LogP contribution >= 0.6 is 0 Å². The molecule has 1 N–H and O–H groups in total. The molecular formula is C42H47N3O6Si. The minimum atomic E-state index is -2.51. The van der Waals surface area contributed by atoms with E-state index in [4.69, 9.17) is 9.47 Å². The van der Waals surface area contributed by atoms with E-state index in [0.29, 0.717) is 30.0 Å². The van der Waals surface area contributed by atoms with Crippen LogP contribution in [-0.4, -0.2) is 68.7 Å². The van der Waals surface area contributed by atoms with Crippen LogP contribution in [0.4, 0.5) is 17.1 Å². The molecule has 2 fully saturated rings. The number of fused-ring (bicyclic) bond motifs is 2. The maximum absolute atomic E-state index is 15.3. The summed E-state index contributed by atoms with van der Waals surface area (Å²) in [7, 11) is -0.865. The van der Waals surface area contributed by atoms with Crippen LogP contribution in [0.3, 0.4) is 0 Å². The van der Waals surface area contributed by atoms with Gasteiger partial charge >= 0.3 is 0 Å². The van der Waals surface area contributed by atoms with Crippen LogP contribution in [0.15, 0.2) is 103 Å². The van der Waals surface area contributed by atoms with Crippen molar-refractivity contribution in [3.63, 3.8) is 0 Å². The quantitative estimate of drug-likeness (QED) is 0.148. The van der Waals surface area contributed by atoms with E-state index < -0.39 is 19.8 Å². The van der Waals surface area contributed by atoms with E-state index in [1.165, 1.54) is 5.19 Å². The van der Waals surface area contributed by atoms with Gasteiger partial charge in [-0.25, -0.2) is 0 Å². The number of ether oxygens (including phenoxy) is 2. The summed E-state index contributed by atoms with van der Waals surface area (Å²) < 4.78 is 12.8. The summed E-state index contributed by atoms with van der Waals surface area (Å²) in [6, 6.07) is 33.0. The Morgan fingerprint density at radius 1 is 1.00 bits per heavy atom. The zero-order valence-corrected chi connectivity index (χ0v) is 31.3. The molecule has 0 saturated carbocycles. The number of methoxy groups -OCH3 is 1. The summed E-state index contributed by atoms with van der Waals surface area (Å²) >= 11 is 0. The van der Waals surface area contributed by atoms with Crippen LogP contribution in [-0.2, 0) is 31.3 Å². The number of aliphatic hydroxyl groups is 1. The van der Waals surface area contributed by atoms with Crippen molar-refractivity contribution >= 4 is 48.5 Å². The number of hydrogen-bond acceptors (Lipinski definition) is 6. The Kier molecular flexibility index (Phi) is 9.82. The molecule has 0 radical (unpaired) electrons. The van der Waals surface area contributed by atoms with Crippen LogP contribution in [0.1, 0.15) is 37.3 Å². The fraction of sp³-hybridized carbons (Fsp3) is 0.357. The van der Waals surface area contributed by atoms with Crippen LogP contribution in [0, 0.1) is 5.92 Å². The van der Waals surface area contributed by atoms with Gasteiger partial charge in [-0.05, 0) is 66.4 Å². The van der Waals surface area contributed by atoms with Crippen molar-refractivity contribution in [3.05, 3.63) is 114 Å². The highest BCUT2D eigenvalue weighted by Gasteiger charge is 2.66. The molecule has 5 atom stereocenters. The van der Waals surface area contributed by atoms with Gasteiger partial charge in [-0.1, -0.05) is 85.9 Å². The third kappa shape index (κ3) is 6.02. The van der Waals surface area contributed by atoms with Gasteiger partial charge < -0.3 is 24.4 Å². The lowest BCUT2D eigenvalue weighted by molar-refractivity contribution is -0.150. The fourth-order valence-electron chi connectivity index (χ4n) is 9.08. The van der Waals surface area contributed by atoms with Gasteiger partial charge in [0.15, 0.2) is 5.60 Å². The molecule has 3 aliphatic heterocycles. The summed E-state index contributed by atoms with van der Waals surface area (Å²) in [5.41, 5.74) is 2.19. The van der Waals surface area contributed by atoms with Crippen LogP contribution < -0.4 is 19.7 Å². The molecule has 4 aromatic carbocycles. The van der Waals surface area contributed by atoms with Gasteiger partial charge in [0.05, 0.1) is 52.6 Å². The molecule has 270 valence electrons. The first-order valence-electron chi connectivity index (χ1n) is 18.2. The second-order valence-electron chi connectivity index (χ2n) is 14.8. The largest absolute Gasteiger partial charge is 0.497 e. The minimum absolute atomic E-state index is 0.0629. The Bertz CT molecular complexity index is 1920. The van der Waals surface area contributed by atoms with Crippen molar-refractivity contribution < 1.29 is 29.0 Å². The van der Waals surface area contributed by atoms with E-state index >= 15 is 4.79 Å². The summed E-state index contributed by atoms with van der Waals surface area (Å²) in [4.78, 5) is 47.3. The predicted molar refractivity (Wildman–Crippen MR) is 205 cm³/mol. The van der Waals surface area contributed by atoms with Gasteiger partial charge in [0, 0.05) is 29.4 Å². The lowest BCUT2D eigenvalue weighted by Crippen LogP contribution is -2.52. The number of likely N-dealkylation sites (tertiary alicyclic amines) is 1. The average molecular weight is 718 g/mol. The Balaban J connectivity index is 1.37. The Labute approximate surface area is 306 Å². The number of hydrogen-bond donors (Lipinski definition) is 1. The van der Waals surface area contributed by atoms with Gasteiger partial charge in [0.25, 0.3) is 5.91 Å². The SMILES string of the molecule is COc1ccc([Si](C)(C)[C@H]2[C@H](CC(=O)N3CCC[C@H]3CO)O[C@@]3(C(=O)N(Cc4ccccc4)c4ccc(N(C=O)c5ccccc5)cc43)[C@@H]2C)cc1. The first-order chi connectivity index (χ1) is 25.1. The van der Waals surface area contributed by atoms with E-state index in [2.05, 4.69) is 32.2 Å². The number of rotatable bonds is 11. The third-order valence-electron chi connectivity index (χ3n) is 11.7. The number of benzene rings is 4. The predicted octanol–water partition coefficient (Wildman–Crippen LogP) is 6.13. The zero-order valence-electron chi connectivity index (χ0n) is 30.3. The molecule has 1 spiro atoms. The van der Waals surface area contributed by atoms with Gasteiger partial charge in [-0.15, -0.1) is 0 Å². The Hall–Kier alpha value is -4.77. The van der Waals surface area contributed by atoms with Gasteiger partial charge in [-0.2, -0.15) is 0 Å². The molecule has 0 bridgehead atoms. The van der Waals surface area contributed by atoms with E-state index in [1.54, 1.807) is 16.9 Å². The molecule has 0 aliphatic carbocycles. The summed E-state index contributed by atoms with van der Waals surface area (Å²) in [6.07, 6.45) is 1.93. The normalized spacial score (nSPS) is 24.0. The molecule has 52 heavy (non-hydrogen) atoms. The average Bonchev–Trinajstić information content (AvgIpc) is 3.83. The number of para-hydroxylation sites is 1. The number of amides is 3. The summed E-state index contributed by atoms with van der Waals surface area (Å²) in [5.74, 6) is 0.206. The van der Waals surface area contributed by atoms with Gasteiger partial charge in [0.2, 0.25) is 12.3 Å². The van der Waals surface area contributed by atoms with Crippen molar-refractivity contribution in [2.24, 2.45) is 5.92 Å². The number of aliphatic hydroxyl groups excluding tert-OH is 1. The van der Waals surface area contributed by atoms with Crippen molar-refractivity contribution in [1.82, 2.24) is 4.90 Å². The number of nitrogens with zero attached hydrogens (tertiary/aromatic N) is 3. The molecule has 3 aliphatic rings. The molecule has 3 amide bonds. The first kappa shape index (κ1) is 35.6. The van der Waals surface area contributed by atoms with E-state index in [0.717, 1.165) is 36.3 Å². The molecule has 10 heteroatoms. The zero-order chi connectivity index (χ0) is 36.6. The van der Waals surface area contributed by atoms with Crippen molar-refractivity contribution in [2.45, 2.75) is 69.1 Å². The Morgan fingerprint density at radius 2 is 1.69 bits per heavy atom. The maximum Gasteiger partial charge on any atom is 0.264 e. The molecule has 0 unspecified atom stereocenters. The first-order valence-corrected chi connectivity index (χ1v) is 21.2. The van der Waals surface area contributed by atoms with Crippen molar-refractivity contribution in [1.29, 1.82) is 0 Å². The second kappa shape index (κ2) is 14.3. The number of anilines is 3. The monoisotopic (exact) mass is 717 g/mol. The van der Waals surface area contributed by atoms with Gasteiger partial charge in [-0.3, -0.25) is 19.3 Å². The Morgan fingerprint density at radius 3 is 2.35 bits per heavy atom. The fourth-order valence-corrected chi connectivity index (χ4v) is 13.1. The molecule has 9 nitrogen and oxygen atoms in total. The molecule has 7 rings (SSSR count). The molecular weight excluding hydrogens is 671 g/mol. The minimum Gasteiger partial charge on any atom is -0.497 e. The van der Waals surface area contributed by atoms with E-state index in [-0.39, 0.29) is 42.3 Å². The van der Waals surface area contributed by atoms with Crippen LogP contribution in [0.25, 0.3) is 0 Å². The van der Waals surface area contributed by atoms with Gasteiger partial charge in [0.1, 0.15) is 5.75 Å². The highest BCUT2D eigenvalue weighted by Crippen LogP contribution is 2.60. The van der Waals surface area contributed by atoms with Crippen molar-refractivity contribution in [3.8, 4) is 5.75 Å². The standard InChI is InChI=1S/C42H47N3O6Si/c1-29-40(52(3,4)35-20-18-34(50-2)19-21-35)38(25-39(48)43-23-11-16-33(43)27-46)51-42(29)36-24-32(45(28-47)31-14-9-6-10-15-31)17-22-37(36)44(41(42)49)26-30-12-7-5-8-13-30/h5-10,12-15,17-22,24,28-29,33,38,40,46H,11,16,23,25-27H2,1-4H3/t29-,33+,38+,40-,42+/m1/s1. The number of carbonyl (C=O) groups is 3. The van der Waals surface area contributed by atoms with Crippen LogP contribution in [0.2, 0.25) is 18.6 Å². The lowest BCUT2D eigenvalue weighted by atomic mass is 9.82. The number of carbonyl (C=O) groups excluding carboxylic acids is 3. The van der Waals surface area contributed by atoms with E-state index in [9.17, 15) is 14.7 Å². The second-order valence-corrected chi connectivity index (χ2v) is 19.5.